The van der Waals surface area contributed by atoms with Crippen LogP contribution in [0.5, 0.6) is 0 Å². The van der Waals surface area contributed by atoms with Gasteiger partial charge in [0.1, 0.15) is 5.75 Å². The average Bonchev–Trinajstić information content (AvgIpc) is 2.31. The first kappa shape index (κ1) is 10.7. The molecule has 0 unspecified atom stereocenters. The Balaban J connectivity index is 2.81. The van der Waals surface area contributed by atoms with E-state index in [0.29, 0.717) is 9.21 Å². The Morgan fingerprint density at radius 3 is 2.54 bits per heavy atom. The topological polar surface area (TPSA) is 51.2 Å². The van der Waals surface area contributed by atoms with Crippen molar-refractivity contribution < 1.29 is 13.2 Å². The first-order valence-corrected chi connectivity index (χ1v) is 6.60. The van der Waals surface area contributed by atoms with Crippen molar-refractivity contribution in [3.8, 4) is 0 Å². The fourth-order valence-electron chi connectivity index (χ4n) is 0.773. The Kier molecular flexibility index (Phi) is 3.10. The van der Waals surface area contributed by atoms with Gasteiger partial charge in [0.25, 0.3) is 0 Å². The van der Waals surface area contributed by atoms with Gasteiger partial charge in [-0.05, 0) is 12.1 Å². The van der Waals surface area contributed by atoms with Gasteiger partial charge in [-0.1, -0.05) is 11.6 Å². The van der Waals surface area contributed by atoms with Gasteiger partial charge in [-0.15, -0.1) is 11.3 Å². The number of hydrogen-bond acceptors (Lipinski definition) is 4. The second kappa shape index (κ2) is 3.77. The predicted octanol–water partition coefficient (Wildman–Crippen LogP) is 1.63. The monoisotopic (exact) mass is 238 g/mol. The SMILES string of the molecule is CS(=O)(=O)CC(=O)c1ccc(Cl)s1. The molecule has 0 aliphatic heterocycles. The summed E-state index contributed by atoms with van der Waals surface area (Å²) >= 11 is 6.68. The minimum absolute atomic E-state index is 0.385. The number of halogens is 1. The first-order valence-electron chi connectivity index (χ1n) is 3.35. The van der Waals surface area contributed by atoms with Crippen molar-refractivity contribution in [1.29, 1.82) is 0 Å². The van der Waals surface area contributed by atoms with Crippen molar-refractivity contribution >= 4 is 38.6 Å². The van der Waals surface area contributed by atoms with E-state index in [1.54, 1.807) is 6.07 Å². The normalized spacial score (nSPS) is 11.5. The fourth-order valence-corrected chi connectivity index (χ4v) is 2.48. The molecule has 0 saturated carbocycles. The minimum atomic E-state index is -3.25. The van der Waals surface area contributed by atoms with Crippen LogP contribution in [-0.4, -0.2) is 26.2 Å². The zero-order chi connectivity index (χ0) is 10.1. The molecule has 1 heterocycles. The summed E-state index contributed by atoms with van der Waals surface area (Å²) in [5.41, 5.74) is 0. The average molecular weight is 239 g/mol. The minimum Gasteiger partial charge on any atom is -0.292 e. The van der Waals surface area contributed by atoms with Gasteiger partial charge in [0.05, 0.1) is 9.21 Å². The van der Waals surface area contributed by atoms with Gasteiger partial charge in [-0.3, -0.25) is 4.79 Å². The van der Waals surface area contributed by atoms with E-state index in [4.69, 9.17) is 11.6 Å². The third-order valence-electron chi connectivity index (χ3n) is 1.24. The third kappa shape index (κ3) is 3.46. The Hall–Kier alpha value is -0.390. The maximum atomic E-state index is 11.2. The molecule has 0 atom stereocenters. The lowest BCUT2D eigenvalue weighted by Crippen LogP contribution is -2.13. The van der Waals surface area contributed by atoms with Crippen molar-refractivity contribution in [3.63, 3.8) is 0 Å². The summed E-state index contributed by atoms with van der Waals surface area (Å²) in [5, 5.41) is 0. The van der Waals surface area contributed by atoms with E-state index in [-0.39, 0.29) is 0 Å². The van der Waals surface area contributed by atoms with Crippen LogP contribution in [0.15, 0.2) is 12.1 Å². The number of Topliss-reactive ketones (excluding diaryl/α,β-unsaturated/α-hetero) is 1. The second-order valence-electron chi connectivity index (χ2n) is 2.60. The van der Waals surface area contributed by atoms with Crippen LogP contribution >= 0.6 is 22.9 Å². The van der Waals surface area contributed by atoms with E-state index in [9.17, 15) is 13.2 Å². The first-order chi connectivity index (χ1) is 5.88. The summed E-state index contributed by atoms with van der Waals surface area (Å²) in [5.74, 6) is -0.858. The molecule has 1 aromatic heterocycles. The van der Waals surface area contributed by atoms with E-state index in [0.717, 1.165) is 17.6 Å². The van der Waals surface area contributed by atoms with Crippen molar-refractivity contribution in [2.75, 3.05) is 12.0 Å². The van der Waals surface area contributed by atoms with Crippen molar-refractivity contribution in [3.05, 3.63) is 21.3 Å². The summed E-state index contributed by atoms with van der Waals surface area (Å²) in [4.78, 5) is 11.6. The van der Waals surface area contributed by atoms with Gasteiger partial charge in [-0.25, -0.2) is 8.42 Å². The van der Waals surface area contributed by atoms with E-state index < -0.39 is 21.4 Å². The van der Waals surface area contributed by atoms with Crippen LogP contribution in [0.1, 0.15) is 9.67 Å². The lowest BCUT2D eigenvalue weighted by atomic mass is 10.4. The smallest absolute Gasteiger partial charge is 0.187 e. The molecule has 0 aromatic carbocycles. The number of hydrogen-bond donors (Lipinski definition) is 0. The molecule has 0 radical (unpaired) electrons. The molecule has 1 rings (SSSR count). The number of rotatable bonds is 3. The number of thiophene rings is 1. The van der Waals surface area contributed by atoms with Gasteiger partial charge < -0.3 is 0 Å². The number of ketones is 1. The van der Waals surface area contributed by atoms with E-state index in [1.165, 1.54) is 6.07 Å². The Labute approximate surface area is 85.3 Å². The van der Waals surface area contributed by atoms with Gasteiger partial charge in [0.15, 0.2) is 15.6 Å². The standard InChI is InChI=1S/C7H7ClO3S2/c1-13(10,11)4-5(9)6-2-3-7(8)12-6/h2-3H,4H2,1H3. The van der Waals surface area contributed by atoms with Crippen molar-refractivity contribution in [2.24, 2.45) is 0 Å². The van der Waals surface area contributed by atoms with Crippen molar-refractivity contribution in [2.45, 2.75) is 0 Å². The van der Waals surface area contributed by atoms with Crippen LogP contribution in [-0.2, 0) is 9.84 Å². The van der Waals surface area contributed by atoms with Crippen LogP contribution in [0.4, 0.5) is 0 Å². The lowest BCUT2D eigenvalue weighted by Gasteiger charge is -1.93. The van der Waals surface area contributed by atoms with Crippen LogP contribution < -0.4 is 0 Å². The van der Waals surface area contributed by atoms with Crippen LogP contribution in [0.2, 0.25) is 4.34 Å². The molecule has 0 saturated heterocycles. The summed E-state index contributed by atoms with van der Waals surface area (Å²) in [6, 6.07) is 3.10. The summed E-state index contributed by atoms with van der Waals surface area (Å²) in [6.07, 6.45) is 1.03. The van der Waals surface area contributed by atoms with Crippen LogP contribution in [0, 0.1) is 0 Å². The highest BCUT2D eigenvalue weighted by atomic mass is 35.5. The molecule has 0 N–H and O–H groups in total. The Bertz CT molecular complexity index is 419. The molecule has 0 aliphatic rings. The van der Waals surface area contributed by atoms with Gasteiger partial charge in [0.2, 0.25) is 0 Å². The molecule has 6 heteroatoms. The van der Waals surface area contributed by atoms with Gasteiger partial charge >= 0.3 is 0 Å². The summed E-state index contributed by atoms with van der Waals surface area (Å²) in [7, 11) is -3.25. The fraction of sp³-hybridized carbons (Fsp3) is 0.286. The van der Waals surface area contributed by atoms with E-state index in [2.05, 4.69) is 0 Å². The molecule has 1 aromatic rings. The molecular weight excluding hydrogens is 232 g/mol. The molecule has 0 spiro atoms. The maximum absolute atomic E-state index is 11.2. The molecule has 0 aliphatic carbocycles. The van der Waals surface area contributed by atoms with Gasteiger partial charge in [-0.2, -0.15) is 0 Å². The maximum Gasteiger partial charge on any atom is 0.187 e. The summed E-state index contributed by atoms with van der Waals surface area (Å²) in [6.45, 7) is 0. The number of carbonyl (C=O) groups is 1. The highest BCUT2D eigenvalue weighted by Gasteiger charge is 2.14. The van der Waals surface area contributed by atoms with Crippen molar-refractivity contribution in [1.82, 2.24) is 0 Å². The molecule has 72 valence electrons. The molecule has 13 heavy (non-hydrogen) atoms. The largest absolute Gasteiger partial charge is 0.292 e. The predicted molar refractivity (Wildman–Crippen MR) is 53.4 cm³/mol. The zero-order valence-electron chi connectivity index (χ0n) is 6.78. The highest BCUT2D eigenvalue weighted by Crippen LogP contribution is 2.21. The van der Waals surface area contributed by atoms with E-state index in [1.807, 2.05) is 0 Å². The van der Waals surface area contributed by atoms with Crippen LogP contribution in [0.3, 0.4) is 0 Å². The molecule has 0 bridgehead atoms. The third-order valence-corrected chi connectivity index (χ3v) is 3.30. The molecular formula is C7H7ClO3S2. The number of carbonyl (C=O) groups excluding carboxylic acids is 1. The van der Waals surface area contributed by atoms with Crippen LogP contribution in [0.25, 0.3) is 0 Å². The molecule has 0 amide bonds. The quantitative estimate of drug-likeness (QED) is 0.752. The lowest BCUT2D eigenvalue weighted by molar-refractivity contribution is 0.102. The zero-order valence-corrected chi connectivity index (χ0v) is 9.17. The molecule has 0 fully saturated rings. The Morgan fingerprint density at radius 1 is 1.54 bits per heavy atom. The number of sulfone groups is 1. The molecule has 3 nitrogen and oxygen atoms in total. The van der Waals surface area contributed by atoms with E-state index >= 15 is 0 Å². The highest BCUT2D eigenvalue weighted by molar-refractivity contribution is 7.91. The van der Waals surface area contributed by atoms with Gasteiger partial charge in [0, 0.05) is 6.26 Å². The summed E-state index contributed by atoms with van der Waals surface area (Å²) < 4.78 is 22.0. The second-order valence-corrected chi connectivity index (χ2v) is 6.45. The Morgan fingerprint density at radius 2 is 2.15 bits per heavy atom.